The van der Waals surface area contributed by atoms with E-state index >= 15 is 0 Å². The lowest BCUT2D eigenvalue weighted by atomic mass is 9.99. The first kappa shape index (κ1) is 17.4. The average Bonchev–Trinajstić information content (AvgIpc) is 2.60. The number of carbonyl (C=O) groups is 2. The van der Waals surface area contributed by atoms with Gasteiger partial charge in [0, 0.05) is 17.5 Å². The summed E-state index contributed by atoms with van der Waals surface area (Å²) in [5.74, 6) is -0.507. The molecular formula is C20H19NO3. The van der Waals surface area contributed by atoms with Crippen LogP contribution in [-0.4, -0.2) is 11.8 Å². The summed E-state index contributed by atoms with van der Waals surface area (Å²) in [7, 11) is 0. The standard InChI is InChI=1S/C20H19NO3/c1-14-7-8-15(2)18(11-14)19(22)9-10-20(23)24-13-17-6-4-3-5-16(17)12-21/h3-8,11H,9-10,13H2,1-2H3. The zero-order valence-electron chi connectivity index (χ0n) is 13.8. The summed E-state index contributed by atoms with van der Waals surface area (Å²) < 4.78 is 5.17. The van der Waals surface area contributed by atoms with Crippen LogP contribution in [0.1, 0.15) is 45.5 Å². The number of ether oxygens (including phenoxy) is 1. The van der Waals surface area contributed by atoms with E-state index in [4.69, 9.17) is 10.00 Å². The molecule has 0 saturated carbocycles. The molecule has 0 fully saturated rings. The number of hydrogen-bond donors (Lipinski definition) is 0. The number of aryl methyl sites for hydroxylation is 2. The van der Waals surface area contributed by atoms with Gasteiger partial charge in [-0.05, 0) is 31.5 Å². The Bertz CT molecular complexity index is 803. The molecule has 0 radical (unpaired) electrons. The van der Waals surface area contributed by atoms with Crippen LogP contribution in [0.4, 0.5) is 0 Å². The minimum atomic E-state index is -0.443. The lowest BCUT2D eigenvalue weighted by molar-refractivity contribution is -0.144. The number of Topliss-reactive ketones (excluding diaryl/α,β-unsaturated/α-hetero) is 1. The first-order valence-corrected chi connectivity index (χ1v) is 7.75. The van der Waals surface area contributed by atoms with Gasteiger partial charge < -0.3 is 4.74 Å². The highest BCUT2D eigenvalue weighted by atomic mass is 16.5. The summed E-state index contributed by atoms with van der Waals surface area (Å²) in [4.78, 5) is 24.1. The number of carbonyl (C=O) groups excluding carboxylic acids is 2. The molecule has 0 aliphatic carbocycles. The molecule has 0 atom stereocenters. The third kappa shape index (κ3) is 4.53. The molecule has 0 aliphatic heterocycles. The van der Waals surface area contributed by atoms with E-state index in [1.807, 2.05) is 32.0 Å². The Morgan fingerprint density at radius 2 is 1.83 bits per heavy atom. The first-order chi connectivity index (χ1) is 11.5. The lowest BCUT2D eigenvalue weighted by Gasteiger charge is -2.08. The molecule has 0 heterocycles. The minimum absolute atomic E-state index is 0.0287. The molecule has 2 rings (SSSR count). The highest BCUT2D eigenvalue weighted by Gasteiger charge is 2.13. The number of nitrogens with zero attached hydrogens (tertiary/aromatic N) is 1. The second-order valence-electron chi connectivity index (χ2n) is 5.67. The average molecular weight is 321 g/mol. The van der Waals surface area contributed by atoms with Crippen molar-refractivity contribution in [2.75, 3.05) is 0 Å². The second kappa shape index (κ2) is 8.07. The molecule has 0 bridgehead atoms. The van der Waals surface area contributed by atoms with Gasteiger partial charge in [-0.25, -0.2) is 0 Å². The topological polar surface area (TPSA) is 67.2 Å². The quantitative estimate of drug-likeness (QED) is 0.598. The van der Waals surface area contributed by atoms with Crippen molar-refractivity contribution >= 4 is 11.8 Å². The Morgan fingerprint density at radius 3 is 2.58 bits per heavy atom. The summed E-state index contributed by atoms with van der Waals surface area (Å²) in [6, 6.07) is 14.7. The van der Waals surface area contributed by atoms with Crippen molar-refractivity contribution in [3.63, 3.8) is 0 Å². The maximum atomic E-state index is 12.2. The van der Waals surface area contributed by atoms with Gasteiger partial charge in [-0.1, -0.05) is 35.9 Å². The number of esters is 1. The smallest absolute Gasteiger partial charge is 0.306 e. The highest BCUT2D eigenvalue weighted by molar-refractivity contribution is 5.98. The van der Waals surface area contributed by atoms with E-state index < -0.39 is 5.97 Å². The van der Waals surface area contributed by atoms with E-state index in [2.05, 4.69) is 6.07 Å². The third-order valence-corrected chi connectivity index (χ3v) is 3.78. The van der Waals surface area contributed by atoms with Gasteiger partial charge in [0.05, 0.1) is 18.1 Å². The van der Waals surface area contributed by atoms with Crippen LogP contribution in [0.15, 0.2) is 42.5 Å². The van der Waals surface area contributed by atoms with E-state index in [0.717, 1.165) is 11.1 Å². The monoisotopic (exact) mass is 321 g/mol. The Kier molecular flexibility index (Phi) is 5.86. The fourth-order valence-electron chi connectivity index (χ4n) is 2.37. The fraction of sp³-hybridized carbons (Fsp3) is 0.250. The van der Waals surface area contributed by atoms with Crippen LogP contribution in [0.25, 0.3) is 0 Å². The molecular weight excluding hydrogens is 302 g/mol. The Labute approximate surface area is 141 Å². The number of nitriles is 1. The van der Waals surface area contributed by atoms with Crippen LogP contribution in [0.5, 0.6) is 0 Å². The Morgan fingerprint density at radius 1 is 1.08 bits per heavy atom. The Hall–Kier alpha value is -2.93. The van der Waals surface area contributed by atoms with Crippen molar-refractivity contribution in [1.29, 1.82) is 5.26 Å². The highest BCUT2D eigenvalue weighted by Crippen LogP contribution is 2.15. The van der Waals surface area contributed by atoms with Crippen molar-refractivity contribution in [1.82, 2.24) is 0 Å². The molecule has 0 aromatic heterocycles. The van der Waals surface area contributed by atoms with Crippen LogP contribution < -0.4 is 0 Å². The molecule has 24 heavy (non-hydrogen) atoms. The van der Waals surface area contributed by atoms with Crippen LogP contribution in [-0.2, 0) is 16.1 Å². The van der Waals surface area contributed by atoms with Gasteiger partial charge in [-0.3, -0.25) is 9.59 Å². The molecule has 0 amide bonds. The predicted molar refractivity (Wildman–Crippen MR) is 90.4 cm³/mol. The first-order valence-electron chi connectivity index (χ1n) is 7.75. The molecule has 4 nitrogen and oxygen atoms in total. The minimum Gasteiger partial charge on any atom is -0.461 e. The van der Waals surface area contributed by atoms with E-state index in [1.54, 1.807) is 24.3 Å². The van der Waals surface area contributed by atoms with E-state index in [-0.39, 0.29) is 25.2 Å². The van der Waals surface area contributed by atoms with E-state index in [9.17, 15) is 9.59 Å². The van der Waals surface area contributed by atoms with Crippen LogP contribution >= 0.6 is 0 Å². The number of hydrogen-bond acceptors (Lipinski definition) is 4. The van der Waals surface area contributed by atoms with Gasteiger partial charge in [0.1, 0.15) is 6.61 Å². The zero-order valence-corrected chi connectivity index (χ0v) is 13.8. The molecule has 0 saturated heterocycles. The molecule has 122 valence electrons. The van der Waals surface area contributed by atoms with Gasteiger partial charge in [0.25, 0.3) is 0 Å². The molecule has 0 aliphatic rings. The Balaban J connectivity index is 1.88. The number of ketones is 1. The summed E-state index contributed by atoms with van der Waals surface area (Å²) >= 11 is 0. The van der Waals surface area contributed by atoms with Gasteiger partial charge in [0.15, 0.2) is 5.78 Å². The molecule has 0 spiro atoms. The van der Waals surface area contributed by atoms with Crippen molar-refractivity contribution in [2.24, 2.45) is 0 Å². The van der Waals surface area contributed by atoms with Crippen LogP contribution in [0.3, 0.4) is 0 Å². The molecule has 0 N–H and O–H groups in total. The summed E-state index contributed by atoms with van der Waals surface area (Å²) in [6.07, 6.45) is 0.143. The van der Waals surface area contributed by atoms with Crippen molar-refractivity contribution in [3.05, 3.63) is 70.3 Å². The maximum Gasteiger partial charge on any atom is 0.306 e. The summed E-state index contributed by atoms with van der Waals surface area (Å²) in [6.45, 7) is 3.85. The second-order valence-corrected chi connectivity index (χ2v) is 5.67. The number of benzene rings is 2. The summed E-state index contributed by atoms with van der Waals surface area (Å²) in [5.41, 5.74) is 3.71. The van der Waals surface area contributed by atoms with Gasteiger partial charge in [-0.2, -0.15) is 5.26 Å². The van der Waals surface area contributed by atoms with Crippen molar-refractivity contribution < 1.29 is 14.3 Å². The molecule has 0 unspecified atom stereocenters. The molecule has 2 aromatic rings. The van der Waals surface area contributed by atoms with Crippen molar-refractivity contribution in [3.8, 4) is 6.07 Å². The van der Waals surface area contributed by atoms with Crippen molar-refractivity contribution in [2.45, 2.75) is 33.3 Å². The SMILES string of the molecule is Cc1ccc(C)c(C(=O)CCC(=O)OCc2ccccc2C#N)c1. The predicted octanol–water partition coefficient (Wildman–Crippen LogP) is 3.88. The largest absolute Gasteiger partial charge is 0.461 e. The third-order valence-electron chi connectivity index (χ3n) is 3.78. The molecule has 4 heteroatoms. The fourth-order valence-corrected chi connectivity index (χ4v) is 2.37. The van der Waals surface area contributed by atoms with E-state index in [0.29, 0.717) is 16.7 Å². The normalized spacial score (nSPS) is 10.0. The van der Waals surface area contributed by atoms with Crippen LogP contribution in [0.2, 0.25) is 0 Å². The van der Waals surface area contributed by atoms with Crippen LogP contribution in [0, 0.1) is 25.2 Å². The lowest BCUT2D eigenvalue weighted by Crippen LogP contribution is -2.09. The van der Waals surface area contributed by atoms with E-state index in [1.165, 1.54) is 0 Å². The van der Waals surface area contributed by atoms with Gasteiger partial charge in [-0.15, -0.1) is 0 Å². The van der Waals surface area contributed by atoms with Gasteiger partial charge >= 0.3 is 5.97 Å². The van der Waals surface area contributed by atoms with Gasteiger partial charge in [0.2, 0.25) is 0 Å². The maximum absolute atomic E-state index is 12.2. The summed E-state index contributed by atoms with van der Waals surface area (Å²) in [5, 5.41) is 9.00. The number of rotatable bonds is 6. The zero-order chi connectivity index (χ0) is 17.5. The molecule has 2 aromatic carbocycles.